The average molecular weight is 456 g/mol. The topological polar surface area (TPSA) is 64.6 Å². The molecule has 5 nitrogen and oxygen atoms in total. The number of rotatable bonds is 11. The van der Waals surface area contributed by atoms with E-state index in [2.05, 4.69) is 45.2 Å². The first-order valence-corrected chi connectivity index (χ1v) is 15.0. The molecule has 0 bridgehead atoms. The number of nitrogens with one attached hydrogen (secondary N) is 1. The number of para-hydroxylation sites is 1. The highest BCUT2D eigenvalue weighted by Gasteiger charge is 2.42. The van der Waals surface area contributed by atoms with Gasteiger partial charge in [-0.15, -0.1) is 6.58 Å². The van der Waals surface area contributed by atoms with E-state index in [1.54, 1.807) is 26.8 Å². The highest BCUT2D eigenvalue weighted by Crippen LogP contribution is 2.38. The third-order valence-corrected chi connectivity index (χ3v) is 12.4. The zero-order chi connectivity index (χ0) is 23.2. The van der Waals surface area contributed by atoms with Crippen molar-refractivity contribution >= 4 is 18.3 Å². The average Bonchev–Trinajstić information content (AvgIpc) is 2.61. The predicted molar refractivity (Wildman–Crippen MR) is 129 cm³/mol. The molecule has 1 N–H and O–H groups in total. The summed E-state index contributed by atoms with van der Waals surface area (Å²) in [6, 6.07) is 9.13. The van der Waals surface area contributed by atoms with Gasteiger partial charge in [0.05, 0.1) is 16.9 Å². The Kier molecular flexibility index (Phi) is 9.35. The first-order valence-electron chi connectivity index (χ1n) is 10.6. The van der Waals surface area contributed by atoms with Gasteiger partial charge in [-0.05, 0) is 63.9 Å². The number of hydrogen-bond donors (Lipinski definition) is 1. The Morgan fingerprint density at radius 2 is 1.67 bits per heavy atom. The molecule has 30 heavy (non-hydrogen) atoms. The SMILES string of the molecule is C=CCC[C@H](NS(=O)(=O)C(C)(C)C)[C@@H](COc1ccccc1)O[Si](C)(C)C(C)(C)C. The maximum absolute atomic E-state index is 12.9. The fourth-order valence-corrected chi connectivity index (χ4v) is 4.84. The smallest absolute Gasteiger partial charge is 0.216 e. The number of sulfonamides is 1. The molecule has 0 heterocycles. The molecule has 0 aromatic heterocycles. The molecule has 0 radical (unpaired) electrons. The van der Waals surface area contributed by atoms with Crippen LogP contribution in [-0.4, -0.2) is 40.2 Å². The summed E-state index contributed by atoms with van der Waals surface area (Å²) in [4.78, 5) is 0. The molecule has 0 saturated heterocycles. The Balaban J connectivity index is 3.23. The second-order valence-electron chi connectivity index (χ2n) is 10.2. The van der Waals surface area contributed by atoms with E-state index in [1.807, 2.05) is 30.3 Å². The Morgan fingerprint density at radius 3 is 2.13 bits per heavy atom. The molecule has 0 aliphatic heterocycles. The van der Waals surface area contributed by atoms with Crippen LogP contribution in [0.1, 0.15) is 54.4 Å². The lowest BCUT2D eigenvalue weighted by atomic mass is 10.1. The van der Waals surface area contributed by atoms with Crippen molar-refractivity contribution in [2.75, 3.05) is 6.61 Å². The van der Waals surface area contributed by atoms with Gasteiger partial charge in [0.25, 0.3) is 0 Å². The molecule has 0 spiro atoms. The molecule has 0 aliphatic carbocycles. The Morgan fingerprint density at radius 1 is 1.10 bits per heavy atom. The molecular weight excluding hydrogens is 414 g/mol. The van der Waals surface area contributed by atoms with Crippen LogP contribution < -0.4 is 9.46 Å². The fourth-order valence-electron chi connectivity index (χ4n) is 2.48. The molecule has 0 saturated carbocycles. The van der Waals surface area contributed by atoms with E-state index in [9.17, 15) is 8.42 Å². The molecule has 2 atom stereocenters. The largest absolute Gasteiger partial charge is 0.491 e. The van der Waals surface area contributed by atoms with Crippen molar-refractivity contribution in [3.05, 3.63) is 43.0 Å². The second kappa shape index (κ2) is 10.4. The van der Waals surface area contributed by atoms with Gasteiger partial charge >= 0.3 is 0 Å². The van der Waals surface area contributed by atoms with E-state index in [1.165, 1.54) is 0 Å². The normalized spacial score (nSPS) is 15.5. The molecule has 172 valence electrons. The van der Waals surface area contributed by atoms with Gasteiger partial charge in [0.15, 0.2) is 8.32 Å². The van der Waals surface area contributed by atoms with Crippen molar-refractivity contribution in [2.24, 2.45) is 0 Å². The van der Waals surface area contributed by atoms with Crippen molar-refractivity contribution in [1.82, 2.24) is 4.72 Å². The maximum atomic E-state index is 12.9. The van der Waals surface area contributed by atoms with Crippen molar-refractivity contribution in [2.45, 2.75) is 89.4 Å². The van der Waals surface area contributed by atoms with Crippen LogP contribution in [0.5, 0.6) is 5.75 Å². The van der Waals surface area contributed by atoms with Gasteiger partial charge < -0.3 is 9.16 Å². The van der Waals surface area contributed by atoms with Crippen molar-refractivity contribution < 1.29 is 17.6 Å². The van der Waals surface area contributed by atoms with Crippen LogP contribution in [0.3, 0.4) is 0 Å². The number of benzene rings is 1. The second-order valence-corrected chi connectivity index (χ2v) is 17.5. The zero-order valence-corrected chi connectivity index (χ0v) is 21.8. The molecule has 0 amide bonds. The van der Waals surface area contributed by atoms with Gasteiger partial charge in [0.1, 0.15) is 12.4 Å². The van der Waals surface area contributed by atoms with Gasteiger partial charge in [0.2, 0.25) is 10.0 Å². The van der Waals surface area contributed by atoms with E-state index in [4.69, 9.17) is 9.16 Å². The van der Waals surface area contributed by atoms with Gasteiger partial charge in [-0.25, -0.2) is 13.1 Å². The summed E-state index contributed by atoms with van der Waals surface area (Å²) >= 11 is 0. The monoisotopic (exact) mass is 455 g/mol. The van der Waals surface area contributed by atoms with E-state index in [0.29, 0.717) is 12.8 Å². The Labute approximate surface area is 185 Å². The highest BCUT2D eigenvalue weighted by molar-refractivity contribution is 7.90. The van der Waals surface area contributed by atoms with Crippen LogP contribution in [0.2, 0.25) is 18.1 Å². The first-order chi connectivity index (χ1) is 13.6. The molecule has 0 fully saturated rings. The van der Waals surface area contributed by atoms with Crippen LogP contribution >= 0.6 is 0 Å². The van der Waals surface area contributed by atoms with Crippen LogP contribution in [0.15, 0.2) is 43.0 Å². The molecule has 1 aromatic carbocycles. The lowest BCUT2D eigenvalue weighted by molar-refractivity contribution is 0.0857. The summed E-state index contributed by atoms with van der Waals surface area (Å²) in [5, 5.41) is -0.0100. The van der Waals surface area contributed by atoms with Crippen molar-refractivity contribution in [1.29, 1.82) is 0 Å². The van der Waals surface area contributed by atoms with Crippen LogP contribution in [0, 0.1) is 0 Å². The lowest BCUT2D eigenvalue weighted by Gasteiger charge is -2.41. The first kappa shape index (κ1) is 26.9. The molecule has 1 aromatic rings. The van der Waals surface area contributed by atoms with Gasteiger partial charge in [-0.3, -0.25) is 0 Å². The quantitative estimate of drug-likeness (QED) is 0.353. The fraction of sp³-hybridized carbons (Fsp3) is 0.652. The minimum absolute atomic E-state index is 0.0100. The molecule has 1 rings (SSSR count). The zero-order valence-electron chi connectivity index (χ0n) is 20.0. The van der Waals surface area contributed by atoms with Crippen molar-refractivity contribution in [3.8, 4) is 5.75 Å². The summed E-state index contributed by atoms with van der Waals surface area (Å²) in [5.74, 6) is 0.738. The molecule has 0 aliphatic rings. The predicted octanol–water partition coefficient (Wildman–Crippen LogP) is 5.51. The van der Waals surface area contributed by atoms with Gasteiger partial charge in [-0.2, -0.15) is 0 Å². The summed E-state index contributed by atoms with van der Waals surface area (Å²) in [6.07, 6.45) is 2.67. The lowest BCUT2D eigenvalue weighted by Crippen LogP contribution is -2.55. The van der Waals surface area contributed by atoms with E-state index in [0.717, 1.165) is 5.75 Å². The maximum Gasteiger partial charge on any atom is 0.216 e. The van der Waals surface area contributed by atoms with Gasteiger partial charge in [-0.1, -0.05) is 45.0 Å². The summed E-state index contributed by atoms with van der Waals surface area (Å²) in [6.45, 7) is 20.0. The molecule has 7 heteroatoms. The highest BCUT2D eigenvalue weighted by atomic mass is 32.2. The summed E-state index contributed by atoms with van der Waals surface area (Å²) in [5.41, 5.74) is 0. The van der Waals surface area contributed by atoms with Crippen LogP contribution in [-0.2, 0) is 14.4 Å². The Bertz CT molecular complexity index is 765. The summed E-state index contributed by atoms with van der Waals surface area (Å²) < 4.78 is 40.6. The molecular formula is C23H41NO4SSi. The van der Waals surface area contributed by atoms with E-state index in [-0.39, 0.29) is 11.6 Å². The minimum atomic E-state index is -3.55. The standard InChI is InChI=1S/C23H41NO4SSi/c1-10-11-17-20(24-29(25,26)22(2,3)4)21(28-30(8,9)23(5,6)7)18-27-19-15-13-12-14-16-19/h10,12-16,20-21,24H,1,11,17-18H2,2-9H3/t20-,21+/m0/s1. The van der Waals surface area contributed by atoms with E-state index >= 15 is 0 Å². The van der Waals surface area contributed by atoms with Gasteiger partial charge in [0, 0.05) is 0 Å². The van der Waals surface area contributed by atoms with Crippen LogP contribution in [0.25, 0.3) is 0 Å². The Hall–Kier alpha value is -1.15. The number of hydrogen-bond acceptors (Lipinski definition) is 4. The van der Waals surface area contributed by atoms with Crippen molar-refractivity contribution in [3.63, 3.8) is 0 Å². The molecule has 0 unspecified atom stereocenters. The minimum Gasteiger partial charge on any atom is -0.491 e. The third-order valence-electron chi connectivity index (χ3n) is 5.65. The van der Waals surface area contributed by atoms with E-state index < -0.39 is 35.2 Å². The third kappa shape index (κ3) is 7.83. The number of allylic oxidation sites excluding steroid dienone is 1. The van der Waals surface area contributed by atoms with Crippen LogP contribution in [0.4, 0.5) is 0 Å². The summed E-state index contributed by atoms with van der Waals surface area (Å²) in [7, 11) is -5.72. The number of ether oxygens (including phenoxy) is 1.